The van der Waals surface area contributed by atoms with Crippen molar-refractivity contribution in [3.05, 3.63) is 67.0 Å². The number of nitrogens with one attached hydrogen (secondary N) is 3. The van der Waals surface area contributed by atoms with E-state index in [0.29, 0.717) is 46.9 Å². The number of hydrogen-bond acceptors (Lipinski definition) is 7. The Balaban J connectivity index is 1.18. The zero-order chi connectivity index (χ0) is 29.3. The zero-order valence-electron chi connectivity index (χ0n) is 24.1. The lowest BCUT2D eigenvalue weighted by atomic mass is 10.1. The number of likely N-dealkylation sites (N-methyl/N-ethyl adjacent to an activating group) is 1. The van der Waals surface area contributed by atoms with Gasteiger partial charge in [0, 0.05) is 46.5 Å². The largest absolute Gasteiger partial charge is 0.488 e. The molecular formula is C33H35N7O3. The molecule has 2 amide bonds. The number of nitrogens with zero attached hydrogens (tertiary/aromatic N) is 4. The van der Waals surface area contributed by atoms with Crippen LogP contribution in [0.25, 0.3) is 22.2 Å². The van der Waals surface area contributed by atoms with Crippen LogP contribution in [0.1, 0.15) is 44.6 Å². The molecule has 0 bridgehead atoms. The number of benzene rings is 2. The van der Waals surface area contributed by atoms with Gasteiger partial charge in [-0.25, -0.2) is 9.97 Å². The van der Waals surface area contributed by atoms with Crippen LogP contribution in [-0.4, -0.2) is 57.5 Å². The minimum Gasteiger partial charge on any atom is -0.488 e. The average Bonchev–Trinajstić information content (AvgIpc) is 3.95. The quantitative estimate of drug-likeness (QED) is 0.151. The maximum atomic E-state index is 12.9. The number of rotatable bonds is 11. The summed E-state index contributed by atoms with van der Waals surface area (Å²) >= 11 is 0. The molecule has 2 aromatic heterocycles. The fourth-order valence-corrected chi connectivity index (χ4v) is 5.72. The zero-order valence-corrected chi connectivity index (χ0v) is 24.1. The first-order valence-corrected chi connectivity index (χ1v) is 15.0. The molecule has 2 aliphatic carbocycles. The van der Waals surface area contributed by atoms with Crippen molar-refractivity contribution in [3.8, 4) is 17.0 Å². The van der Waals surface area contributed by atoms with E-state index in [2.05, 4.69) is 55.8 Å². The first kappa shape index (κ1) is 27.2. The SMILES string of the molecule is CN1CCCC1/C=C/C(=O)Nc1cc(Nc2ncc(NC=O)c(-c3cn(C4CC4)c4ccccc34)n2)ccc1OC1CC1. The van der Waals surface area contributed by atoms with Crippen LogP contribution >= 0.6 is 0 Å². The first-order valence-electron chi connectivity index (χ1n) is 15.0. The molecule has 43 heavy (non-hydrogen) atoms. The Kier molecular flexibility index (Phi) is 7.28. The van der Waals surface area contributed by atoms with Gasteiger partial charge in [0.05, 0.1) is 23.7 Å². The number of likely N-dealkylation sites (tertiary alicyclic amines) is 1. The average molecular weight is 578 g/mol. The predicted molar refractivity (Wildman–Crippen MR) is 168 cm³/mol. The van der Waals surface area contributed by atoms with Gasteiger partial charge < -0.3 is 25.3 Å². The lowest BCUT2D eigenvalue weighted by molar-refractivity contribution is -0.112. The van der Waals surface area contributed by atoms with Gasteiger partial charge in [-0.15, -0.1) is 0 Å². The first-order chi connectivity index (χ1) is 21.1. The van der Waals surface area contributed by atoms with Crippen molar-refractivity contribution in [1.29, 1.82) is 0 Å². The third kappa shape index (κ3) is 5.96. The highest BCUT2D eigenvalue weighted by Gasteiger charge is 2.27. The van der Waals surface area contributed by atoms with Crippen LogP contribution < -0.4 is 20.7 Å². The maximum Gasteiger partial charge on any atom is 0.248 e. The molecule has 1 unspecified atom stereocenters. The number of ether oxygens (including phenoxy) is 1. The summed E-state index contributed by atoms with van der Waals surface area (Å²) in [6.07, 6.45) is 14.7. The second kappa shape index (κ2) is 11.5. The van der Waals surface area contributed by atoms with Gasteiger partial charge in [0.1, 0.15) is 11.4 Å². The minimum atomic E-state index is -0.201. The Bertz CT molecular complexity index is 1710. The Morgan fingerprint density at radius 2 is 1.93 bits per heavy atom. The number of amides is 2. The van der Waals surface area contributed by atoms with E-state index in [4.69, 9.17) is 9.72 Å². The van der Waals surface area contributed by atoms with Crippen LogP contribution in [0, 0.1) is 0 Å². The fourth-order valence-electron chi connectivity index (χ4n) is 5.72. The summed E-state index contributed by atoms with van der Waals surface area (Å²) in [6.45, 7) is 1.04. The standard InChI is InChI=1S/C33H35N7O3/c1-39-16-4-5-22(39)11-15-31(42)37-27-17-21(8-14-30(27)43-24-12-13-24)36-33-34-18-28(35-20-41)32(38-33)26-19-40(23-9-10-23)29-7-3-2-6-25(26)29/h2-3,6-8,11,14-15,17-20,22-24H,4-5,9-10,12-13,16H2,1H3,(H,35,41)(H,37,42)(H,34,36,38)/b15-11+. The molecule has 220 valence electrons. The number of para-hydroxylation sites is 1. The normalized spacial score (nSPS) is 18.7. The van der Waals surface area contributed by atoms with Gasteiger partial charge in [0.15, 0.2) is 0 Å². The monoisotopic (exact) mass is 577 g/mol. The molecule has 7 rings (SSSR count). The smallest absolute Gasteiger partial charge is 0.248 e. The van der Waals surface area contributed by atoms with Crippen LogP contribution in [0.5, 0.6) is 5.75 Å². The molecule has 2 saturated carbocycles. The molecule has 4 aromatic rings. The molecule has 10 nitrogen and oxygen atoms in total. The van der Waals surface area contributed by atoms with E-state index in [-0.39, 0.29) is 18.1 Å². The third-order valence-corrected chi connectivity index (χ3v) is 8.30. The van der Waals surface area contributed by atoms with Crippen molar-refractivity contribution in [3.63, 3.8) is 0 Å². The lowest BCUT2D eigenvalue weighted by Gasteiger charge is -2.16. The van der Waals surface area contributed by atoms with Crippen molar-refractivity contribution >= 4 is 46.2 Å². The topological polar surface area (TPSA) is 113 Å². The molecule has 1 atom stereocenters. The van der Waals surface area contributed by atoms with Crippen LogP contribution in [0.15, 0.2) is 67.0 Å². The highest BCUT2D eigenvalue weighted by atomic mass is 16.5. The lowest BCUT2D eigenvalue weighted by Crippen LogP contribution is -2.23. The summed E-state index contributed by atoms with van der Waals surface area (Å²) in [5.74, 6) is 0.799. The molecule has 0 radical (unpaired) electrons. The van der Waals surface area contributed by atoms with Gasteiger partial charge in [0.25, 0.3) is 0 Å². The van der Waals surface area contributed by atoms with E-state index in [1.54, 1.807) is 12.3 Å². The van der Waals surface area contributed by atoms with Crippen molar-refractivity contribution < 1.29 is 14.3 Å². The van der Waals surface area contributed by atoms with Gasteiger partial charge in [-0.05, 0) is 76.4 Å². The number of fused-ring (bicyclic) bond motifs is 1. The molecule has 0 spiro atoms. The molecule has 1 saturated heterocycles. The molecule has 2 aromatic carbocycles. The van der Waals surface area contributed by atoms with Crippen molar-refractivity contribution in [2.45, 2.75) is 56.7 Å². The fraction of sp³-hybridized carbons (Fsp3) is 0.333. The van der Waals surface area contributed by atoms with E-state index in [9.17, 15) is 9.59 Å². The van der Waals surface area contributed by atoms with Gasteiger partial charge >= 0.3 is 0 Å². The molecule has 1 aliphatic heterocycles. The molecule has 3 N–H and O–H groups in total. The molecule has 3 fully saturated rings. The third-order valence-electron chi connectivity index (χ3n) is 8.30. The second-order valence-electron chi connectivity index (χ2n) is 11.6. The molecular weight excluding hydrogens is 542 g/mol. The summed E-state index contributed by atoms with van der Waals surface area (Å²) in [5, 5.41) is 10.1. The summed E-state index contributed by atoms with van der Waals surface area (Å²) in [4.78, 5) is 36.0. The number of hydrogen-bond donors (Lipinski definition) is 3. The van der Waals surface area contributed by atoms with E-state index in [0.717, 1.165) is 61.5 Å². The van der Waals surface area contributed by atoms with Crippen LogP contribution in [0.2, 0.25) is 0 Å². The summed E-state index contributed by atoms with van der Waals surface area (Å²) in [6, 6.07) is 14.6. The van der Waals surface area contributed by atoms with Crippen molar-refractivity contribution in [1.82, 2.24) is 19.4 Å². The van der Waals surface area contributed by atoms with E-state index < -0.39 is 0 Å². The highest BCUT2D eigenvalue weighted by molar-refractivity contribution is 6.01. The molecule has 3 aliphatic rings. The maximum absolute atomic E-state index is 12.9. The van der Waals surface area contributed by atoms with E-state index in [1.807, 2.05) is 36.4 Å². The number of aromatic nitrogens is 3. The van der Waals surface area contributed by atoms with Crippen molar-refractivity contribution in [2.24, 2.45) is 0 Å². The Hall–Kier alpha value is -4.70. The number of carbonyl (C=O) groups excluding carboxylic acids is 2. The molecule has 3 heterocycles. The number of anilines is 4. The summed E-state index contributed by atoms with van der Waals surface area (Å²) in [7, 11) is 2.08. The molecule has 10 heteroatoms. The second-order valence-corrected chi connectivity index (χ2v) is 11.6. The number of carbonyl (C=O) groups is 2. The predicted octanol–water partition coefficient (Wildman–Crippen LogP) is 5.88. The van der Waals surface area contributed by atoms with Gasteiger partial charge in [-0.2, -0.15) is 0 Å². The van der Waals surface area contributed by atoms with Gasteiger partial charge in [-0.3, -0.25) is 14.5 Å². The summed E-state index contributed by atoms with van der Waals surface area (Å²) in [5.41, 5.74) is 4.51. The van der Waals surface area contributed by atoms with Gasteiger partial charge in [0.2, 0.25) is 18.3 Å². The van der Waals surface area contributed by atoms with E-state index in [1.165, 1.54) is 0 Å². The minimum absolute atomic E-state index is 0.179. The Morgan fingerprint density at radius 1 is 1.07 bits per heavy atom. The van der Waals surface area contributed by atoms with Crippen LogP contribution in [0.3, 0.4) is 0 Å². The van der Waals surface area contributed by atoms with Gasteiger partial charge in [-0.1, -0.05) is 24.3 Å². The van der Waals surface area contributed by atoms with E-state index >= 15 is 0 Å². The summed E-state index contributed by atoms with van der Waals surface area (Å²) < 4.78 is 8.40. The Morgan fingerprint density at radius 3 is 2.70 bits per heavy atom. The Labute approximate surface area is 250 Å². The van der Waals surface area contributed by atoms with Crippen LogP contribution in [-0.2, 0) is 9.59 Å². The highest BCUT2D eigenvalue weighted by Crippen LogP contribution is 2.42. The van der Waals surface area contributed by atoms with Crippen LogP contribution in [0.4, 0.5) is 23.0 Å². The van der Waals surface area contributed by atoms with Crippen molar-refractivity contribution in [2.75, 3.05) is 29.5 Å².